The molecule has 1 aliphatic carbocycles. The number of imidazole rings is 1. The van der Waals surface area contributed by atoms with Gasteiger partial charge in [0.05, 0.1) is 37.0 Å². The molecule has 0 fully saturated rings. The summed E-state index contributed by atoms with van der Waals surface area (Å²) >= 11 is 0. The molecule has 0 aliphatic heterocycles. The van der Waals surface area contributed by atoms with E-state index in [0.717, 1.165) is 28.9 Å². The highest BCUT2D eigenvalue weighted by atomic mass is 16.5. The number of methoxy groups -OCH3 is 2. The summed E-state index contributed by atoms with van der Waals surface area (Å²) in [6.07, 6.45) is 7.76. The Hall–Kier alpha value is -3.38. The van der Waals surface area contributed by atoms with Crippen molar-refractivity contribution in [3.8, 4) is 11.4 Å². The van der Waals surface area contributed by atoms with Gasteiger partial charge in [-0.1, -0.05) is 30.3 Å². The lowest BCUT2D eigenvalue weighted by atomic mass is 10.1. The lowest BCUT2D eigenvalue weighted by Gasteiger charge is -2.20. The van der Waals surface area contributed by atoms with Crippen molar-refractivity contribution in [1.29, 1.82) is 0 Å². The number of carbonyl (C=O) groups excluding carboxylic acids is 1. The van der Waals surface area contributed by atoms with Gasteiger partial charge in [-0.3, -0.25) is 4.79 Å². The summed E-state index contributed by atoms with van der Waals surface area (Å²) in [7, 11) is 3.31. The number of ether oxygens (including phenoxy) is 2. The zero-order valence-electron chi connectivity index (χ0n) is 17.3. The highest BCUT2D eigenvalue weighted by Gasteiger charge is 2.32. The number of carbonyl (C=O) groups is 1. The Kier molecular flexibility index (Phi) is 5.68. The molecule has 0 bridgehead atoms. The second-order valence-corrected chi connectivity index (χ2v) is 7.35. The van der Waals surface area contributed by atoms with Gasteiger partial charge in [0.1, 0.15) is 5.75 Å². The third-order valence-electron chi connectivity index (χ3n) is 5.40. The van der Waals surface area contributed by atoms with Crippen molar-refractivity contribution in [3.05, 3.63) is 83.4 Å². The van der Waals surface area contributed by atoms with Crippen LogP contribution < -0.4 is 10.1 Å². The minimum atomic E-state index is -0.160. The Labute approximate surface area is 176 Å². The number of nitrogens with zero attached hydrogens (tertiary/aromatic N) is 2. The van der Waals surface area contributed by atoms with Crippen molar-refractivity contribution in [1.82, 2.24) is 14.9 Å². The molecule has 1 N–H and O–H groups in total. The number of rotatable bonds is 6. The average molecular weight is 403 g/mol. The fraction of sp³-hybridized carbons (Fsp3) is 0.250. The van der Waals surface area contributed by atoms with Gasteiger partial charge in [0.15, 0.2) is 0 Å². The van der Waals surface area contributed by atoms with E-state index in [1.54, 1.807) is 32.7 Å². The molecule has 6 nitrogen and oxygen atoms in total. The van der Waals surface area contributed by atoms with Gasteiger partial charge >= 0.3 is 0 Å². The quantitative estimate of drug-likeness (QED) is 0.639. The van der Waals surface area contributed by atoms with Crippen LogP contribution in [0.25, 0.3) is 11.8 Å². The Morgan fingerprint density at radius 1 is 1.23 bits per heavy atom. The number of hydrogen-bond acceptors (Lipinski definition) is 4. The summed E-state index contributed by atoms with van der Waals surface area (Å²) in [5.74, 6) is 0.547. The van der Waals surface area contributed by atoms with Crippen LogP contribution in [0.2, 0.25) is 0 Å². The van der Waals surface area contributed by atoms with Crippen LogP contribution in [0.15, 0.2) is 61.1 Å². The fourth-order valence-corrected chi connectivity index (χ4v) is 3.89. The molecule has 0 radical (unpaired) electrons. The lowest BCUT2D eigenvalue weighted by molar-refractivity contribution is -0.118. The van der Waals surface area contributed by atoms with Crippen LogP contribution in [0.1, 0.15) is 28.4 Å². The summed E-state index contributed by atoms with van der Waals surface area (Å²) in [5, 5.41) is 3.08. The molecule has 2 atom stereocenters. The number of benzene rings is 2. The number of aromatic nitrogens is 2. The minimum Gasteiger partial charge on any atom is -0.495 e. The van der Waals surface area contributed by atoms with Gasteiger partial charge in [-0.25, -0.2) is 4.98 Å². The smallest absolute Gasteiger partial charge is 0.244 e. The van der Waals surface area contributed by atoms with Crippen molar-refractivity contribution in [2.45, 2.75) is 25.5 Å². The second kappa shape index (κ2) is 8.55. The maximum absolute atomic E-state index is 12.6. The highest BCUT2D eigenvalue weighted by Crippen LogP contribution is 2.33. The van der Waals surface area contributed by atoms with Gasteiger partial charge in [0, 0.05) is 25.8 Å². The zero-order valence-corrected chi connectivity index (χ0v) is 17.3. The molecule has 6 heteroatoms. The van der Waals surface area contributed by atoms with Gasteiger partial charge in [-0.15, -0.1) is 0 Å². The summed E-state index contributed by atoms with van der Waals surface area (Å²) in [4.78, 5) is 16.9. The first-order valence-electron chi connectivity index (χ1n) is 9.87. The molecule has 1 aliphatic rings. The molecular formula is C24H25N3O3. The average Bonchev–Trinajstić information content (AvgIpc) is 3.35. The molecule has 2 aromatic carbocycles. The van der Waals surface area contributed by atoms with E-state index < -0.39 is 0 Å². The molecule has 154 valence electrons. The molecule has 1 heterocycles. The van der Waals surface area contributed by atoms with Crippen molar-refractivity contribution >= 4 is 12.0 Å². The Bertz CT molecular complexity index is 1090. The SMILES string of the molecule is COc1cc(/C=C/C(=O)N[C@@H]2c3ccccc3C[C@@H]2OC)ccc1-n1cnc(C)c1. The normalized spacial score (nSPS) is 17.8. The van der Waals surface area contributed by atoms with Crippen LogP contribution in [-0.2, 0) is 16.0 Å². The largest absolute Gasteiger partial charge is 0.495 e. The van der Waals surface area contributed by atoms with E-state index in [9.17, 15) is 4.79 Å². The van der Waals surface area contributed by atoms with Crippen LogP contribution >= 0.6 is 0 Å². The summed E-state index contributed by atoms with van der Waals surface area (Å²) in [6, 6.07) is 13.8. The maximum atomic E-state index is 12.6. The first-order valence-corrected chi connectivity index (χ1v) is 9.87. The summed E-state index contributed by atoms with van der Waals surface area (Å²) < 4.78 is 13.0. The van der Waals surface area contributed by atoms with E-state index in [-0.39, 0.29) is 18.1 Å². The second-order valence-electron chi connectivity index (χ2n) is 7.35. The van der Waals surface area contributed by atoms with Crippen molar-refractivity contribution in [2.24, 2.45) is 0 Å². The molecule has 1 amide bonds. The monoisotopic (exact) mass is 403 g/mol. The molecular weight excluding hydrogens is 378 g/mol. The third kappa shape index (κ3) is 4.00. The van der Waals surface area contributed by atoms with Crippen LogP contribution in [-0.4, -0.2) is 35.8 Å². The number of aryl methyl sites for hydroxylation is 1. The lowest BCUT2D eigenvalue weighted by Crippen LogP contribution is -2.33. The first kappa shape index (κ1) is 19.9. The number of amides is 1. The number of fused-ring (bicyclic) bond motifs is 1. The van der Waals surface area contributed by atoms with Crippen molar-refractivity contribution < 1.29 is 14.3 Å². The topological polar surface area (TPSA) is 65.4 Å². The highest BCUT2D eigenvalue weighted by molar-refractivity contribution is 5.92. The number of nitrogens with one attached hydrogen (secondary N) is 1. The number of hydrogen-bond donors (Lipinski definition) is 1. The summed E-state index contributed by atoms with van der Waals surface area (Å²) in [5.41, 5.74) is 5.03. The molecule has 4 rings (SSSR count). The van der Waals surface area contributed by atoms with E-state index in [1.165, 1.54) is 5.56 Å². The standard InChI is InChI=1S/C24H25N3O3/c1-16-14-27(15-25-16)20-10-8-17(12-21(20)29-2)9-11-23(28)26-24-19-7-5-4-6-18(19)13-22(24)30-3/h4-12,14-15,22,24H,13H2,1-3H3,(H,26,28)/b11-9+/t22-,24+/m0/s1. The van der Waals surface area contributed by atoms with E-state index >= 15 is 0 Å². The first-order chi connectivity index (χ1) is 14.6. The molecule has 1 aromatic heterocycles. The van der Waals surface area contributed by atoms with Crippen LogP contribution in [0.5, 0.6) is 5.75 Å². The Morgan fingerprint density at radius 2 is 2.07 bits per heavy atom. The Morgan fingerprint density at radius 3 is 2.80 bits per heavy atom. The van der Waals surface area contributed by atoms with Crippen LogP contribution in [0, 0.1) is 6.92 Å². The molecule has 3 aromatic rings. The Balaban J connectivity index is 1.49. The van der Waals surface area contributed by atoms with Gasteiger partial charge < -0.3 is 19.4 Å². The molecule has 30 heavy (non-hydrogen) atoms. The van der Waals surface area contributed by atoms with Gasteiger partial charge in [0.25, 0.3) is 0 Å². The van der Waals surface area contributed by atoms with E-state index in [2.05, 4.69) is 16.4 Å². The predicted molar refractivity (Wildman–Crippen MR) is 116 cm³/mol. The van der Waals surface area contributed by atoms with Crippen LogP contribution in [0.3, 0.4) is 0 Å². The molecule has 0 saturated heterocycles. The molecule has 0 unspecified atom stereocenters. The van der Waals surface area contributed by atoms with Crippen molar-refractivity contribution in [2.75, 3.05) is 14.2 Å². The van der Waals surface area contributed by atoms with E-state index in [4.69, 9.17) is 9.47 Å². The minimum absolute atomic E-state index is 0.0576. The van der Waals surface area contributed by atoms with E-state index in [0.29, 0.717) is 5.75 Å². The molecule has 0 spiro atoms. The predicted octanol–water partition coefficient (Wildman–Crippen LogP) is 3.63. The van der Waals surface area contributed by atoms with Crippen molar-refractivity contribution in [3.63, 3.8) is 0 Å². The fourth-order valence-electron chi connectivity index (χ4n) is 3.89. The van der Waals surface area contributed by atoms with Gasteiger partial charge in [-0.2, -0.15) is 0 Å². The van der Waals surface area contributed by atoms with Gasteiger partial charge in [0.2, 0.25) is 5.91 Å². The zero-order chi connectivity index (χ0) is 21.1. The van der Waals surface area contributed by atoms with Gasteiger partial charge in [-0.05, 0) is 41.8 Å². The molecule has 0 saturated carbocycles. The van der Waals surface area contributed by atoms with Crippen LogP contribution in [0.4, 0.5) is 0 Å². The summed E-state index contributed by atoms with van der Waals surface area (Å²) in [6.45, 7) is 1.94. The maximum Gasteiger partial charge on any atom is 0.244 e. The third-order valence-corrected chi connectivity index (χ3v) is 5.40. The van der Waals surface area contributed by atoms with E-state index in [1.807, 2.05) is 54.1 Å².